The number of ketones is 1. The Morgan fingerprint density at radius 1 is 1.62 bits per heavy atom. The molecule has 6 nitrogen and oxygen atoms in total. The Morgan fingerprint density at radius 2 is 2.31 bits per heavy atom. The minimum Gasteiger partial charge on any atom is -0.733 e. The highest BCUT2D eigenvalue weighted by Crippen LogP contribution is 2.15. The van der Waals surface area contributed by atoms with Crippen LogP contribution in [-0.4, -0.2) is 21.9 Å². The van der Waals surface area contributed by atoms with Crippen molar-refractivity contribution in [1.82, 2.24) is 0 Å². The lowest BCUT2D eigenvalue weighted by molar-refractivity contribution is 0.102. The first-order valence-corrected chi connectivity index (χ1v) is 5.25. The maximum absolute atomic E-state index is 11.5. The fraction of sp³-hybridized carbons (Fsp3) is 0.111. The summed E-state index contributed by atoms with van der Waals surface area (Å²) in [7, 11) is 0. The number of rotatable bonds is 4. The summed E-state index contributed by atoms with van der Waals surface area (Å²) in [5.74, 6) is -0.229. The van der Waals surface area contributed by atoms with Gasteiger partial charge in [-0.15, -0.1) is 0 Å². The van der Waals surface area contributed by atoms with Crippen molar-refractivity contribution in [2.45, 2.75) is 0 Å². The second-order valence-corrected chi connectivity index (χ2v) is 3.92. The second kappa shape index (κ2) is 5.50. The van der Waals surface area contributed by atoms with E-state index in [2.05, 4.69) is 0 Å². The number of benzene rings is 1. The number of nitrogens with two attached hydrogens (primary N) is 1. The van der Waals surface area contributed by atoms with E-state index in [0.717, 1.165) is 11.8 Å². The standard InChI is InChI=1S/C9H10N3O3S/c10-9(11)16-5-8(13)6-2-1-3-7(4-6)12(14)15/h1-4,14H,5H2,(H3,10,11)/q-1. The average Bonchev–Trinajstić information content (AvgIpc) is 2.26. The van der Waals surface area contributed by atoms with Gasteiger partial charge in [0.1, 0.15) is 0 Å². The largest absolute Gasteiger partial charge is 0.733 e. The van der Waals surface area contributed by atoms with Crippen LogP contribution < -0.4 is 11.0 Å². The van der Waals surface area contributed by atoms with Crippen molar-refractivity contribution in [3.63, 3.8) is 0 Å². The van der Waals surface area contributed by atoms with Crippen molar-refractivity contribution in [2.75, 3.05) is 11.0 Å². The molecule has 4 N–H and O–H groups in total. The second-order valence-electron chi connectivity index (χ2n) is 2.90. The molecule has 1 rings (SSSR count). The Balaban J connectivity index is 2.75. The highest BCUT2D eigenvalue weighted by atomic mass is 32.2. The minimum atomic E-state index is -0.311. The quantitative estimate of drug-likeness (QED) is 0.315. The van der Waals surface area contributed by atoms with E-state index < -0.39 is 0 Å². The highest BCUT2D eigenvalue weighted by molar-refractivity contribution is 8.14. The molecule has 0 bridgehead atoms. The first kappa shape index (κ1) is 12.5. The molecule has 0 spiro atoms. The maximum atomic E-state index is 11.5. The summed E-state index contributed by atoms with van der Waals surface area (Å²) >= 11 is 0.906. The fourth-order valence-corrected chi connectivity index (χ4v) is 1.48. The Kier molecular flexibility index (Phi) is 4.29. The van der Waals surface area contributed by atoms with Gasteiger partial charge >= 0.3 is 0 Å². The monoisotopic (exact) mass is 240 g/mol. The first-order chi connectivity index (χ1) is 7.50. The highest BCUT2D eigenvalue weighted by Gasteiger charge is 2.07. The van der Waals surface area contributed by atoms with Gasteiger partial charge < -0.3 is 16.2 Å². The molecule has 7 heteroatoms. The third-order valence-corrected chi connectivity index (χ3v) is 2.47. The minimum absolute atomic E-state index is 0.0151. The van der Waals surface area contributed by atoms with Gasteiger partial charge in [-0.2, -0.15) is 0 Å². The van der Waals surface area contributed by atoms with Gasteiger partial charge in [0.15, 0.2) is 11.0 Å². The molecule has 16 heavy (non-hydrogen) atoms. The van der Waals surface area contributed by atoms with E-state index in [-0.39, 0.29) is 27.6 Å². The zero-order valence-corrected chi connectivity index (χ0v) is 9.03. The van der Waals surface area contributed by atoms with Crippen molar-refractivity contribution in [3.05, 3.63) is 35.0 Å². The number of nitrogens with zero attached hydrogens (tertiary/aromatic N) is 1. The molecule has 0 aromatic heterocycles. The van der Waals surface area contributed by atoms with Crippen molar-refractivity contribution < 1.29 is 10.0 Å². The van der Waals surface area contributed by atoms with Gasteiger partial charge in [0.25, 0.3) is 0 Å². The van der Waals surface area contributed by atoms with Crippen molar-refractivity contribution in [3.8, 4) is 0 Å². The van der Waals surface area contributed by atoms with E-state index >= 15 is 0 Å². The molecule has 86 valence electrons. The van der Waals surface area contributed by atoms with Crippen LogP contribution in [0.1, 0.15) is 10.4 Å². The summed E-state index contributed by atoms with van der Waals surface area (Å²) < 4.78 is 0. The molecule has 0 atom stereocenters. The fourth-order valence-electron chi connectivity index (χ4n) is 1.02. The maximum Gasteiger partial charge on any atom is 0.173 e. The third-order valence-electron chi connectivity index (χ3n) is 1.75. The number of anilines is 1. The van der Waals surface area contributed by atoms with Crippen molar-refractivity contribution >= 4 is 28.4 Å². The number of carbonyl (C=O) groups excluding carboxylic acids is 1. The molecular formula is C9H10N3O3S-. The van der Waals surface area contributed by atoms with Crippen LogP contribution in [0, 0.1) is 10.6 Å². The van der Waals surface area contributed by atoms with Crippen LogP contribution in [0.15, 0.2) is 24.3 Å². The smallest absolute Gasteiger partial charge is 0.173 e. The van der Waals surface area contributed by atoms with Crippen LogP contribution in [0.25, 0.3) is 0 Å². The zero-order valence-electron chi connectivity index (χ0n) is 8.21. The van der Waals surface area contributed by atoms with Gasteiger partial charge in [0, 0.05) is 5.56 Å². The molecule has 0 aliphatic carbocycles. The molecule has 0 amide bonds. The Hall–Kier alpha value is -1.57. The molecule has 0 saturated heterocycles. The number of hydrogen-bond donors (Lipinski definition) is 3. The van der Waals surface area contributed by atoms with Crippen LogP contribution in [0.3, 0.4) is 0 Å². The van der Waals surface area contributed by atoms with Gasteiger partial charge in [0.2, 0.25) is 0 Å². The number of amidine groups is 1. The van der Waals surface area contributed by atoms with Gasteiger partial charge in [-0.1, -0.05) is 23.9 Å². The van der Waals surface area contributed by atoms with E-state index in [0.29, 0.717) is 5.56 Å². The summed E-state index contributed by atoms with van der Waals surface area (Å²) in [5, 5.41) is 25.7. The lowest BCUT2D eigenvalue weighted by Crippen LogP contribution is -2.11. The Morgan fingerprint density at radius 3 is 2.88 bits per heavy atom. The number of Topliss-reactive ketones (excluding diaryl/α,β-unsaturated/α-hetero) is 1. The van der Waals surface area contributed by atoms with Crippen LogP contribution in [-0.2, 0) is 0 Å². The normalized spacial score (nSPS) is 9.88. The molecule has 0 heterocycles. The predicted molar refractivity (Wildman–Crippen MR) is 62.8 cm³/mol. The lowest BCUT2D eigenvalue weighted by Gasteiger charge is -2.21. The third kappa shape index (κ3) is 3.54. The summed E-state index contributed by atoms with van der Waals surface area (Å²) in [6.45, 7) is 0. The average molecular weight is 240 g/mol. The van der Waals surface area contributed by atoms with Gasteiger partial charge in [-0.05, 0) is 12.1 Å². The topological polar surface area (TPSA) is 113 Å². The molecule has 0 fully saturated rings. The van der Waals surface area contributed by atoms with E-state index in [4.69, 9.17) is 16.4 Å². The molecule has 0 unspecified atom stereocenters. The number of thioether (sulfide) groups is 1. The molecule has 0 saturated carbocycles. The van der Waals surface area contributed by atoms with Crippen LogP contribution >= 0.6 is 11.8 Å². The van der Waals surface area contributed by atoms with Gasteiger partial charge in [0.05, 0.1) is 11.4 Å². The van der Waals surface area contributed by atoms with E-state index in [1.54, 1.807) is 0 Å². The molecule has 1 aromatic carbocycles. The molecule has 0 aliphatic heterocycles. The van der Waals surface area contributed by atoms with Crippen LogP contribution in [0.2, 0.25) is 0 Å². The van der Waals surface area contributed by atoms with E-state index in [9.17, 15) is 10.0 Å². The van der Waals surface area contributed by atoms with E-state index in [1.165, 1.54) is 24.3 Å². The summed E-state index contributed by atoms with van der Waals surface area (Å²) in [6.07, 6.45) is 0. The molecule has 1 aromatic rings. The lowest BCUT2D eigenvalue weighted by atomic mass is 10.1. The van der Waals surface area contributed by atoms with Crippen LogP contribution in [0.4, 0.5) is 5.69 Å². The molecule has 0 aliphatic rings. The zero-order chi connectivity index (χ0) is 12.1. The summed E-state index contributed by atoms with van der Waals surface area (Å²) in [5.41, 5.74) is 5.37. The molecule has 0 radical (unpaired) electrons. The number of carbonyl (C=O) groups is 1. The van der Waals surface area contributed by atoms with Crippen molar-refractivity contribution in [1.29, 1.82) is 5.41 Å². The van der Waals surface area contributed by atoms with Crippen LogP contribution in [0.5, 0.6) is 0 Å². The first-order valence-electron chi connectivity index (χ1n) is 4.27. The predicted octanol–water partition coefficient (Wildman–Crippen LogP) is 1.19. The number of hydrogen-bond acceptors (Lipinski definition) is 6. The van der Waals surface area contributed by atoms with E-state index in [1.807, 2.05) is 0 Å². The van der Waals surface area contributed by atoms with Crippen molar-refractivity contribution in [2.24, 2.45) is 5.73 Å². The van der Waals surface area contributed by atoms with Gasteiger partial charge in [-0.3, -0.25) is 15.4 Å². The summed E-state index contributed by atoms with van der Waals surface area (Å²) in [4.78, 5) is 11.5. The Bertz CT molecular complexity index is 409. The summed E-state index contributed by atoms with van der Waals surface area (Å²) in [6, 6.07) is 5.66. The molecular weight excluding hydrogens is 230 g/mol. The van der Waals surface area contributed by atoms with Gasteiger partial charge in [-0.25, -0.2) is 0 Å². The SMILES string of the molecule is N=C(N)SCC(=O)c1cccc(N([O-])O)c1. The number of nitrogens with one attached hydrogen (secondary N) is 1. The Labute approximate surface area is 96.1 Å².